The number of nitrogens with two attached hydrogens (primary N) is 1. The molecule has 1 unspecified atom stereocenters. The van der Waals surface area contributed by atoms with Gasteiger partial charge >= 0.3 is 6.01 Å². The fourth-order valence-corrected chi connectivity index (χ4v) is 1.69. The molecule has 0 aliphatic rings. The first kappa shape index (κ1) is 14.9. The molecule has 0 aromatic carbocycles. The Hall–Kier alpha value is -2.49. The third kappa shape index (κ3) is 3.75. The van der Waals surface area contributed by atoms with Crippen LogP contribution < -0.4 is 21.3 Å². The highest BCUT2D eigenvalue weighted by Crippen LogP contribution is 2.16. The highest BCUT2D eigenvalue weighted by molar-refractivity contribution is 5.36. The van der Waals surface area contributed by atoms with Crippen molar-refractivity contribution < 1.29 is 4.74 Å². The van der Waals surface area contributed by atoms with Crippen LogP contribution >= 0.6 is 0 Å². The van der Waals surface area contributed by atoms with Crippen molar-refractivity contribution in [2.75, 3.05) is 17.3 Å². The molecule has 4 N–H and O–H groups in total. The van der Waals surface area contributed by atoms with Crippen LogP contribution in [0.1, 0.15) is 32.1 Å². The van der Waals surface area contributed by atoms with Gasteiger partial charge in [0.2, 0.25) is 11.9 Å². The molecule has 0 spiro atoms. The molecule has 21 heavy (non-hydrogen) atoms. The fraction of sp³-hybridized carbons (Fsp3) is 0.545. The number of aromatic nitrogens is 6. The summed E-state index contributed by atoms with van der Waals surface area (Å²) in [5.74, 6) is 6.68. The minimum Gasteiger partial charge on any atom is -0.463 e. The van der Waals surface area contributed by atoms with E-state index in [2.05, 4.69) is 35.9 Å². The monoisotopic (exact) mass is 293 g/mol. The third-order valence-electron chi connectivity index (χ3n) is 2.66. The fourth-order valence-electron chi connectivity index (χ4n) is 1.69. The summed E-state index contributed by atoms with van der Waals surface area (Å²) in [6, 6.07) is 0.0806. The van der Waals surface area contributed by atoms with Gasteiger partial charge in [0.05, 0.1) is 12.6 Å². The van der Waals surface area contributed by atoms with E-state index in [1.807, 2.05) is 25.5 Å². The largest absolute Gasteiger partial charge is 0.463 e. The molecule has 0 saturated heterocycles. The van der Waals surface area contributed by atoms with E-state index < -0.39 is 0 Å². The Morgan fingerprint density at radius 2 is 2.10 bits per heavy atom. The third-order valence-corrected chi connectivity index (χ3v) is 2.66. The second-order valence-corrected chi connectivity index (χ2v) is 4.42. The van der Waals surface area contributed by atoms with Crippen molar-refractivity contribution in [3.05, 3.63) is 12.2 Å². The van der Waals surface area contributed by atoms with Gasteiger partial charge in [-0.15, -0.1) is 10.2 Å². The molecule has 2 heterocycles. The van der Waals surface area contributed by atoms with E-state index in [-0.39, 0.29) is 18.0 Å². The standard InChI is InChI=1S/C11H19N9O/c1-4-5-21-11-16-9(15-10(17-11)18-12)14-7(2)8-19-13-6-20(8)3/h6-7H,4-5,12H2,1-3H3,(H2,14,15,16,17,18). The van der Waals surface area contributed by atoms with Crippen molar-refractivity contribution >= 4 is 11.9 Å². The van der Waals surface area contributed by atoms with Crippen LogP contribution in [0.15, 0.2) is 6.33 Å². The first-order chi connectivity index (χ1) is 10.1. The molecule has 2 rings (SSSR count). The van der Waals surface area contributed by atoms with Gasteiger partial charge < -0.3 is 14.6 Å². The van der Waals surface area contributed by atoms with E-state index >= 15 is 0 Å². The minimum absolute atomic E-state index is 0.135. The quantitative estimate of drug-likeness (QED) is 0.485. The van der Waals surface area contributed by atoms with Crippen molar-refractivity contribution in [2.24, 2.45) is 12.9 Å². The van der Waals surface area contributed by atoms with Crippen molar-refractivity contribution in [1.29, 1.82) is 0 Å². The molecule has 0 radical (unpaired) electrons. The van der Waals surface area contributed by atoms with E-state index in [9.17, 15) is 0 Å². The number of hydrogen-bond donors (Lipinski definition) is 3. The maximum absolute atomic E-state index is 5.40. The predicted octanol–water partition coefficient (Wildman–Crippen LogP) is 0.248. The number of anilines is 2. The molecule has 0 saturated carbocycles. The van der Waals surface area contributed by atoms with Gasteiger partial charge in [0, 0.05) is 7.05 Å². The van der Waals surface area contributed by atoms with Gasteiger partial charge in [0.1, 0.15) is 6.33 Å². The number of hydrazine groups is 1. The van der Waals surface area contributed by atoms with Crippen LogP contribution in [0.2, 0.25) is 0 Å². The van der Waals surface area contributed by atoms with E-state index in [0.29, 0.717) is 12.6 Å². The Labute approximate surface area is 122 Å². The van der Waals surface area contributed by atoms with Gasteiger partial charge in [-0.1, -0.05) is 6.92 Å². The number of nitrogen functional groups attached to an aromatic ring is 1. The lowest BCUT2D eigenvalue weighted by molar-refractivity contribution is 0.292. The zero-order valence-electron chi connectivity index (χ0n) is 12.2. The van der Waals surface area contributed by atoms with E-state index in [0.717, 1.165) is 12.2 Å². The molecule has 0 fully saturated rings. The van der Waals surface area contributed by atoms with Crippen LogP contribution in [0.4, 0.5) is 11.9 Å². The zero-order chi connectivity index (χ0) is 15.2. The second kappa shape index (κ2) is 6.79. The Balaban J connectivity index is 2.16. The SMILES string of the molecule is CCCOc1nc(NN)nc(NC(C)c2nncn2C)n1. The van der Waals surface area contributed by atoms with Gasteiger partial charge in [0.15, 0.2) is 5.82 Å². The van der Waals surface area contributed by atoms with E-state index in [1.54, 1.807) is 6.33 Å². The molecule has 114 valence electrons. The molecule has 0 bridgehead atoms. The van der Waals surface area contributed by atoms with Crippen LogP contribution in [0.3, 0.4) is 0 Å². The van der Waals surface area contributed by atoms with Crippen LogP contribution in [0.5, 0.6) is 6.01 Å². The average molecular weight is 293 g/mol. The molecule has 1 atom stereocenters. The second-order valence-electron chi connectivity index (χ2n) is 4.42. The van der Waals surface area contributed by atoms with Gasteiger partial charge in [-0.3, -0.25) is 5.43 Å². The normalized spacial score (nSPS) is 12.0. The first-order valence-corrected chi connectivity index (χ1v) is 6.60. The van der Waals surface area contributed by atoms with Gasteiger partial charge in [-0.2, -0.15) is 15.0 Å². The molecule has 0 aliphatic carbocycles. The molecule has 0 aliphatic heterocycles. The van der Waals surface area contributed by atoms with Gasteiger partial charge in [0.25, 0.3) is 0 Å². The van der Waals surface area contributed by atoms with Crippen LogP contribution in [0.25, 0.3) is 0 Å². The number of nitrogens with zero attached hydrogens (tertiary/aromatic N) is 6. The molecule has 10 heteroatoms. The Bertz CT molecular complexity index is 585. The van der Waals surface area contributed by atoms with Crippen LogP contribution in [-0.4, -0.2) is 36.3 Å². The van der Waals surface area contributed by atoms with Gasteiger partial charge in [-0.05, 0) is 13.3 Å². The lowest BCUT2D eigenvalue weighted by Crippen LogP contribution is -2.17. The predicted molar refractivity (Wildman–Crippen MR) is 76.5 cm³/mol. The highest BCUT2D eigenvalue weighted by Gasteiger charge is 2.14. The van der Waals surface area contributed by atoms with Crippen LogP contribution in [0, 0.1) is 0 Å². The smallest absolute Gasteiger partial charge is 0.323 e. The Kier molecular flexibility index (Phi) is 4.82. The maximum atomic E-state index is 5.40. The topological polar surface area (TPSA) is 129 Å². The molecular weight excluding hydrogens is 274 g/mol. The zero-order valence-corrected chi connectivity index (χ0v) is 12.2. The highest BCUT2D eigenvalue weighted by atomic mass is 16.5. The number of hydrogen-bond acceptors (Lipinski definition) is 9. The summed E-state index contributed by atoms with van der Waals surface area (Å²) in [5.41, 5.74) is 2.39. The maximum Gasteiger partial charge on any atom is 0.323 e. The number of aryl methyl sites for hydroxylation is 1. The van der Waals surface area contributed by atoms with E-state index in [1.165, 1.54) is 0 Å². The van der Waals surface area contributed by atoms with E-state index in [4.69, 9.17) is 10.6 Å². The number of nitrogens with one attached hydrogen (secondary N) is 2. The lowest BCUT2D eigenvalue weighted by atomic mass is 10.3. The molecule has 0 amide bonds. The van der Waals surface area contributed by atoms with Crippen molar-refractivity contribution in [1.82, 2.24) is 29.7 Å². The number of ether oxygens (including phenoxy) is 1. The Morgan fingerprint density at radius 3 is 2.71 bits per heavy atom. The van der Waals surface area contributed by atoms with Crippen molar-refractivity contribution in [2.45, 2.75) is 26.3 Å². The molecular formula is C11H19N9O. The van der Waals surface area contributed by atoms with Crippen molar-refractivity contribution in [3.63, 3.8) is 0 Å². The summed E-state index contributed by atoms with van der Waals surface area (Å²) in [5, 5.41) is 11.0. The summed E-state index contributed by atoms with van der Waals surface area (Å²) in [7, 11) is 1.86. The van der Waals surface area contributed by atoms with Gasteiger partial charge in [-0.25, -0.2) is 5.84 Å². The summed E-state index contributed by atoms with van der Waals surface area (Å²) >= 11 is 0. The minimum atomic E-state index is -0.135. The molecule has 2 aromatic heterocycles. The van der Waals surface area contributed by atoms with Crippen molar-refractivity contribution in [3.8, 4) is 6.01 Å². The van der Waals surface area contributed by atoms with Crippen LogP contribution in [-0.2, 0) is 7.05 Å². The average Bonchev–Trinajstić information content (AvgIpc) is 2.91. The summed E-state index contributed by atoms with van der Waals surface area (Å²) in [6.07, 6.45) is 2.48. The molecule has 10 nitrogen and oxygen atoms in total. The summed E-state index contributed by atoms with van der Waals surface area (Å²) in [4.78, 5) is 12.3. The Morgan fingerprint density at radius 1 is 1.33 bits per heavy atom. The summed E-state index contributed by atoms with van der Waals surface area (Å²) < 4.78 is 7.22. The number of rotatable bonds is 7. The molecule has 2 aromatic rings. The summed E-state index contributed by atoms with van der Waals surface area (Å²) in [6.45, 7) is 4.45. The lowest BCUT2D eigenvalue weighted by Gasteiger charge is -2.14. The first-order valence-electron chi connectivity index (χ1n) is 6.60.